The molecule has 40 heavy (non-hydrogen) atoms. The molecule has 0 saturated carbocycles. The van der Waals surface area contributed by atoms with Gasteiger partial charge in [0.2, 0.25) is 10.0 Å². The van der Waals surface area contributed by atoms with Crippen LogP contribution < -0.4 is 14.8 Å². The van der Waals surface area contributed by atoms with E-state index in [-0.39, 0.29) is 34.7 Å². The van der Waals surface area contributed by atoms with E-state index in [4.69, 9.17) is 9.88 Å². The van der Waals surface area contributed by atoms with Crippen LogP contribution in [0.3, 0.4) is 0 Å². The van der Waals surface area contributed by atoms with Crippen LogP contribution in [0, 0.1) is 0 Å². The molecule has 8 nitrogen and oxygen atoms in total. The molecule has 0 bridgehead atoms. The number of carbonyl (C=O) groups is 1. The van der Waals surface area contributed by atoms with Crippen LogP contribution in [0.5, 0.6) is 5.75 Å². The summed E-state index contributed by atoms with van der Waals surface area (Å²) in [5.74, 6) is 0.927. The van der Waals surface area contributed by atoms with Crippen molar-refractivity contribution in [3.05, 3.63) is 95.7 Å². The average Bonchev–Trinajstić information content (AvgIpc) is 2.96. The maximum atomic E-state index is 13.4. The summed E-state index contributed by atoms with van der Waals surface area (Å²) < 4.78 is 29.6. The van der Waals surface area contributed by atoms with E-state index >= 15 is 0 Å². The molecule has 0 aliphatic carbocycles. The van der Waals surface area contributed by atoms with Crippen molar-refractivity contribution in [1.82, 2.24) is 9.80 Å². The molecule has 1 atom stereocenters. The molecule has 10 heteroatoms. The molecule has 1 unspecified atom stereocenters. The first kappa shape index (κ1) is 30.1. The summed E-state index contributed by atoms with van der Waals surface area (Å²) in [6.07, 6.45) is 4.55. The standard InChI is InChI=1S/C30H34N4O4S.Sn/c1-22(23-7-4-3-5-8-23)21-32-15-17-33(18-16-32)30(35)25-11-13-27(29(19-25)38-2)34-14-6-9-24-10-12-26(20-28(24)34)39(31,36)37;/h3-8,10-14,19-20,22H,9,15-18,21H2,1-2H3,(H2,31,36,37);. The Labute approximate surface area is 253 Å². The molecule has 3 aromatic carbocycles. The maximum absolute atomic E-state index is 13.4. The van der Waals surface area contributed by atoms with Gasteiger partial charge in [0.1, 0.15) is 5.75 Å². The summed E-state index contributed by atoms with van der Waals surface area (Å²) >= 11 is 0. The number of hydrogen-bond donors (Lipinski definition) is 1. The summed E-state index contributed by atoms with van der Waals surface area (Å²) in [6.45, 7) is 6.21. The van der Waals surface area contributed by atoms with Gasteiger partial charge in [0, 0.05) is 68.4 Å². The molecular weight excluding hydrogens is 631 g/mol. The molecule has 2 heterocycles. The zero-order chi connectivity index (χ0) is 27.6. The molecule has 0 aromatic heterocycles. The predicted molar refractivity (Wildman–Crippen MR) is 159 cm³/mol. The molecule has 1 saturated heterocycles. The van der Waals surface area contributed by atoms with E-state index < -0.39 is 10.0 Å². The van der Waals surface area contributed by atoms with E-state index in [1.807, 2.05) is 34.2 Å². The van der Waals surface area contributed by atoms with Crippen LogP contribution in [0.2, 0.25) is 0 Å². The van der Waals surface area contributed by atoms with Gasteiger partial charge in [0.25, 0.3) is 5.91 Å². The first-order chi connectivity index (χ1) is 18.7. The van der Waals surface area contributed by atoms with Gasteiger partial charge < -0.3 is 14.5 Å². The number of hydrogen-bond acceptors (Lipinski definition) is 6. The molecule has 2 aliphatic heterocycles. The van der Waals surface area contributed by atoms with Crippen molar-refractivity contribution < 1.29 is 17.9 Å². The van der Waals surface area contributed by atoms with Crippen LogP contribution in [0.15, 0.2) is 83.9 Å². The quantitative estimate of drug-likeness (QED) is 0.387. The minimum absolute atomic E-state index is 0. The first-order valence-electron chi connectivity index (χ1n) is 13.1. The van der Waals surface area contributed by atoms with Crippen molar-refractivity contribution in [3.63, 3.8) is 0 Å². The number of methoxy groups -OCH3 is 1. The maximum Gasteiger partial charge on any atom is 0.254 e. The van der Waals surface area contributed by atoms with Gasteiger partial charge in [-0.05, 0) is 53.8 Å². The summed E-state index contributed by atoms with van der Waals surface area (Å²) in [6, 6.07) is 20.8. The number of fused-ring (bicyclic) bond motifs is 1. The van der Waals surface area contributed by atoms with E-state index in [0.29, 0.717) is 48.1 Å². The third-order valence-corrected chi connectivity index (χ3v) is 8.39. The van der Waals surface area contributed by atoms with Gasteiger partial charge in [0.15, 0.2) is 0 Å². The zero-order valence-corrected chi connectivity index (χ0v) is 26.5. The number of amides is 1. The van der Waals surface area contributed by atoms with Crippen LogP contribution in [-0.2, 0) is 16.4 Å². The first-order valence-corrected chi connectivity index (χ1v) is 14.7. The van der Waals surface area contributed by atoms with E-state index in [2.05, 4.69) is 36.1 Å². The van der Waals surface area contributed by atoms with Gasteiger partial charge in [-0.2, -0.15) is 0 Å². The molecule has 2 N–H and O–H groups in total. The summed E-state index contributed by atoms with van der Waals surface area (Å²) in [5, 5.41) is 5.38. The molecular formula is C30H34N4O4SSn. The summed E-state index contributed by atoms with van der Waals surface area (Å²) in [7, 11) is -2.28. The SMILES string of the molecule is COc1cc(C(=O)N2CCN(CC(C)c3ccccc3)CC2)ccc1N1C=CCc2ccc(S(N)(=O)=O)cc21.[Sn]. The molecule has 208 valence electrons. The Hall–Kier alpha value is -2.86. The van der Waals surface area contributed by atoms with Crippen molar-refractivity contribution in [1.29, 1.82) is 0 Å². The second-order valence-corrected chi connectivity index (χ2v) is 11.6. The number of rotatable bonds is 7. The fourth-order valence-electron chi connectivity index (χ4n) is 5.29. The minimum Gasteiger partial charge on any atom is -0.495 e. The Morgan fingerprint density at radius 2 is 1.70 bits per heavy atom. The van der Waals surface area contributed by atoms with Gasteiger partial charge in [0.05, 0.1) is 23.4 Å². The molecule has 1 amide bonds. The number of allylic oxidation sites excluding steroid dienone is 1. The Morgan fingerprint density at radius 1 is 0.975 bits per heavy atom. The Morgan fingerprint density at radius 3 is 2.38 bits per heavy atom. The fraction of sp³-hybridized carbons (Fsp3) is 0.300. The van der Waals surface area contributed by atoms with E-state index in [0.717, 1.165) is 25.2 Å². The molecule has 2 aliphatic rings. The summed E-state index contributed by atoms with van der Waals surface area (Å²) in [4.78, 5) is 19.6. The summed E-state index contributed by atoms with van der Waals surface area (Å²) in [5.41, 5.74) is 4.27. The van der Waals surface area contributed by atoms with Crippen LogP contribution in [0.4, 0.5) is 11.4 Å². The topological polar surface area (TPSA) is 96.2 Å². The zero-order valence-electron chi connectivity index (χ0n) is 22.8. The third kappa shape index (κ3) is 6.54. The number of anilines is 2. The smallest absolute Gasteiger partial charge is 0.254 e. The number of nitrogens with two attached hydrogens (primary N) is 1. The predicted octanol–water partition coefficient (Wildman–Crippen LogP) is 3.73. The van der Waals surface area contributed by atoms with E-state index in [9.17, 15) is 13.2 Å². The van der Waals surface area contributed by atoms with Gasteiger partial charge >= 0.3 is 0 Å². The van der Waals surface area contributed by atoms with Crippen molar-refractivity contribution in [2.24, 2.45) is 5.14 Å². The van der Waals surface area contributed by atoms with Crippen LogP contribution in [0.1, 0.15) is 34.3 Å². The number of ether oxygens (including phenoxy) is 1. The van der Waals surface area contributed by atoms with Crippen LogP contribution in [0.25, 0.3) is 0 Å². The van der Waals surface area contributed by atoms with Gasteiger partial charge in [-0.3, -0.25) is 9.69 Å². The number of piperazine rings is 1. The second kappa shape index (κ2) is 12.8. The van der Waals surface area contributed by atoms with Gasteiger partial charge in [-0.1, -0.05) is 49.4 Å². The van der Waals surface area contributed by atoms with Crippen LogP contribution >= 0.6 is 0 Å². The number of primary sulfonamides is 1. The average molecular weight is 665 g/mol. The van der Waals surface area contributed by atoms with Crippen LogP contribution in [-0.4, -0.2) is 87.9 Å². The van der Waals surface area contributed by atoms with Gasteiger partial charge in [-0.15, -0.1) is 0 Å². The third-order valence-electron chi connectivity index (χ3n) is 7.48. The van der Waals surface area contributed by atoms with Crippen molar-refractivity contribution in [2.45, 2.75) is 24.2 Å². The Bertz CT molecular complexity index is 1490. The van der Waals surface area contributed by atoms with E-state index in [1.165, 1.54) is 11.6 Å². The second-order valence-electron chi connectivity index (χ2n) is 10.1. The largest absolute Gasteiger partial charge is 0.495 e. The molecule has 3 aromatic rings. The van der Waals surface area contributed by atoms with Crippen molar-refractivity contribution in [3.8, 4) is 5.75 Å². The number of sulfonamides is 1. The Kier molecular flexibility index (Phi) is 9.60. The minimum atomic E-state index is -3.85. The number of carbonyl (C=O) groups excluding carboxylic acids is 1. The van der Waals surface area contributed by atoms with Gasteiger partial charge in [-0.25, -0.2) is 13.6 Å². The molecule has 4 radical (unpaired) electrons. The number of benzene rings is 3. The normalized spacial score (nSPS) is 16.2. The van der Waals surface area contributed by atoms with Crippen molar-refractivity contribution >= 4 is 51.2 Å². The Balaban J connectivity index is 0.00000370. The molecule has 0 spiro atoms. The molecule has 1 fully saturated rings. The number of nitrogens with zero attached hydrogens (tertiary/aromatic N) is 3. The fourth-order valence-corrected chi connectivity index (χ4v) is 5.83. The monoisotopic (exact) mass is 666 g/mol. The van der Waals surface area contributed by atoms with Crippen molar-refractivity contribution in [2.75, 3.05) is 44.7 Å². The molecule has 5 rings (SSSR count). The van der Waals surface area contributed by atoms with E-state index in [1.54, 1.807) is 31.4 Å².